The van der Waals surface area contributed by atoms with Crippen molar-refractivity contribution in [2.75, 3.05) is 11.9 Å². The maximum Gasteiger partial charge on any atom is 0.320 e. The van der Waals surface area contributed by atoms with Gasteiger partial charge in [0.05, 0.1) is 9.40 Å². The molecular formula is C11H10BrN5O2S. The molecule has 0 aliphatic heterocycles. The number of nitrogens with zero attached hydrogens (tertiary/aromatic N) is 4. The fourth-order valence-electron chi connectivity index (χ4n) is 1.34. The van der Waals surface area contributed by atoms with Crippen molar-refractivity contribution in [3.63, 3.8) is 0 Å². The van der Waals surface area contributed by atoms with Gasteiger partial charge in [0.15, 0.2) is 5.03 Å². The lowest BCUT2D eigenvalue weighted by molar-refractivity contribution is -0.388. The van der Waals surface area contributed by atoms with E-state index >= 15 is 0 Å². The first-order chi connectivity index (χ1) is 9.61. The summed E-state index contributed by atoms with van der Waals surface area (Å²) in [7, 11) is 0. The Morgan fingerprint density at radius 3 is 2.90 bits per heavy atom. The van der Waals surface area contributed by atoms with Crippen molar-refractivity contribution in [1.82, 2.24) is 15.0 Å². The van der Waals surface area contributed by atoms with Gasteiger partial charge >= 0.3 is 5.69 Å². The summed E-state index contributed by atoms with van der Waals surface area (Å²) in [4.78, 5) is 22.7. The smallest absolute Gasteiger partial charge is 0.320 e. The number of hydrogen-bond donors (Lipinski definition) is 1. The molecule has 0 bridgehead atoms. The number of rotatable bonds is 5. The monoisotopic (exact) mass is 355 g/mol. The van der Waals surface area contributed by atoms with Gasteiger partial charge in [-0.3, -0.25) is 10.1 Å². The van der Waals surface area contributed by atoms with Gasteiger partial charge in [0, 0.05) is 12.7 Å². The summed E-state index contributed by atoms with van der Waals surface area (Å²) in [5.41, 5.74) is -0.144. The molecule has 2 aromatic rings. The number of pyridine rings is 1. The molecule has 0 unspecified atom stereocenters. The van der Waals surface area contributed by atoms with Gasteiger partial charge in [-0.15, -0.1) is 0 Å². The molecule has 2 rings (SSSR count). The van der Waals surface area contributed by atoms with Gasteiger partial charge in [0.25, 0.3) is 0 Å². The molecule has 0 aromatic carbocycles. The quantitative estimate of drug-likeness (QED) is 0.500. The van der Waals surface area contributed by atoms with Crippen molar-refractivity contribution in [3.05, 3.63) is 39.1 Å². The third kappa shape index (κ3) is 3.42. The number of hydrogen-bond acceptors (Lipinski definition) is 7. The highest BCUT2D eigenvalue weighted by Crippen LogP contribution is 2.35. The Labute approximate surface area is 127 Å². The van der Waals surface area contributed by atoms with Crippen LogP contribution in [0.4, 0.5) is 11.6 Å². The van der Waals surface area contributed by atoms with Crippen LogP contribution in [-0.2, 0) is 0 Å². The molecule has 9 heteroatoms. The molecular weight excluding hydrogens is 346 g/mol. The highest BCUT2D eigenvalue weighted by atomic mass is 79.9. The van der Waals surface area contributed by atoms with Crippen molar-refractivity contribution >= 4 is 39.3 Å². The molecule has 0 fully saturated rings. The molecule has 7 nitrogen and oxygen atoms in total. The van der Waals surface area contributed by atoms with Gasteiger partial charge in [0.1, 0.15) is 11.2 Å². The molecule has 0 amide bonds. The first kappa shape index (κ1) is 14.7. The molecule has 2 heterocycles. The van der Waals surface area contributed by atoms with E-state index in [0.717, 1.165) is 16.2 Å². The fourth-order valence-corrected chi connectivity index (χ4v) is 2.67. The molecule has 2 aromatic heterocycles. The van der Waals surface area contributed by atoms with Gasteiger partial charge in [-0.05, 0) is 46.7 Å². The SMILES string of the molecule is CCNc1ncc([N+](=O)[O-])c(Sc2ncccc2Br)n1. The van der Waals surface area contributed by atoms with Crippen molar-refractivity contribution in [2.45, 2.75) is 17.0 Å². The van der Waals surface area contributed by atoms with E-state index in [1.165, 1.54) is 6.20 Å². The maximum absolute atomic E-state index is 11.0. The van der Waals surface area contributed by atoms with Crippen LogP contribution in [0.5, 0.6) is 0 Å². The average molecular weight is 356 g/mol. The van der Waals surface area contributed by atoms with E-state index in [2.05, 4.69) is 36.2 Å². The summed E-state index contributed by atoms with van der Waals surface area (Å²) in [6.45, 7) is 2.53. The predicted octanol–water partition coefficient (Wildman–Crippen LogP) is 3.13. The minimum Gasteiger partial charge on any atom is -0.354 e. The molecule has 0 radical (unpaired) electrons. The standard InChI is InChI=1S/C11H10BrN5O2S/c1-2-13-11-15-6-8(17(18)19)10(16-11)20-9-7(12)4-3-5-14-9/h3-6H,2H2,1H3,(H,13,15,16). The van der Waals surface area contributed by atoms with Crippen molar-refractivity contribution < 1.29 is 4.92 Å². The summed E-state index contributed by atoms with van der Waals surface area (Å²) in [5.74, 6) is 0.354. The van der Waals surface area contributed by atoms with Crippen LogP contribution in [0.15, 0.2) is 39.1 Å². The van der Waals surface area contributed by atoms with Gasteiger partial charge in [-0.2, -0.15) is 4.98 Å². The Morgan fingerprint density at radius 2 is 2.25 bits per heavy atom. The molecule has 1 N–H and O–H groups in total. The van der Waals surface area contributed by atoms with Gasteiger partial charge in [-0.25, -0.2) is 9.97 Å². The third-order valence-electron chi connectivity index (χ3n) is 2.19. The van der Waals surface area contributed by atoms with Crippen molar-refractivity contribution in [3.8, 4) is 0 Å². The minimum absolute atomic E-state index is 0.144. The van der Waals surface area contributed by atoms with Crippen molar-refractivity contribution in [2.24, 2.45) is 0 Å². The lowest BCUT2D eigenvalue weighted by Crippen LogP contribution is -2.04. The largest absolute Gasteiger partial charge is 0.354 e. The molecule has 0 aliphatic rings. The summed E-state index contributed by atoms with van der Waals surface area (Å²) < 4.78 is 0.753. The second-order valence-corrected chi connectivity index (χ2v) is 5.40. The highest BCUT2D eigenvalue weighted by Gasteiger charge is 2.19. The Hall–Kier alpha value is -1.74. The Balaban J connectivity index is 2.40. The van der Waals surface area contributed by atoms with E-state index in [9.17, 15) is 10.1 Å². The Morgan fingerprint density at radius 1 is 1.45 bits per heavy atom. The summed E-state index contributed by atoms with van der Waals surface area (Å²) in [6, 6.07) is 3.58. The molecule has 0 saturated heterocycles. The predicted molar refractivity (Wildman–Crippen MR) is 78.9 cm³/mol. The number of aromatic nitrogens is 3. The lowest BCUT2D eigenvalue weighted by atomic mass is 10.5. The van der Waals surface area contributed by atoms with Crippen LogP contribution in [0.1, 0.15) is 6.92 Å². The molecule has 104 valence electrons. The first-order valence-corrected chi connectivity index (χ1v) is 7.26. The van der Waals surface area contributed by atoms with E-state index in [-0.39, 0.29) is 10.7 Å². The van der Waals surface area contributed by atoms with E-state index < -0.39 is 4.92 Å². The van der Waals surface area contributed by atoms with Crippen LogP contribution < -0.4 is 5.32 Å². The zero-order valence-electron chi connectivity index (χ0n) is 10.4. The van der Waals surface area contributed by atoms with E-state index in [1.54, 1.807) is 12.3 Å². The number of anilines is 1. The second kappa shape index (κ2) is 6.62. The Kier molecular flexibility index (Phi) is 4.85. The number of nitrogens with one attached hydrogen (secondary N) is 1. The lowest BCUT2D eigenvalue weighted by Gasteiger charge is -2.05. The van der Waals surface area contributed by atoms with Crippen LogP contribution in [0, 0.1) is 10.1 Å². The first-order valence-electron chi connectivity index (χ1n) is 5.65. The van der Waals surface area contributed by atoms with Crippen molar-refractivity contribution in [1.29, 1.82) is 0 Å². The fraction of sp³-hybridized carbons (Fsp3) is 0.182. The normalized spacial score (nSPS) is 10.3. The number of nitro groups is 1. The Bertz CT molecular complexity index is 640. The zero-order chi connectivity index (χ0) is 14.5. The molecule has 20 heavy (non-hydrogen) atoms. The molecule has 0 atom stereocenters. The minimum atomic E-state index is -0.505. The van der Waals surface area contributed by atoms with Crippen LogP contribution in [-0.4, -0.2) is 26.4 Å². The molecule has 0 saturated carbocycles. The second-order valence-electron chi connectivity index (χ2n) is 3.56. The average Bonchev–Trinajstić information content (AvgIpc) is 2.42. The van der Waals surface area contributed by atoms with Crippen LogP contribution in [0.2, 0.25) is 0 Å². The van der Waals surface area contributed by atoms with E-state index in [0.29, 0.717) is 17.5 Å². The van der Waals surface area contributed by atoms with Gasteiger partial charge in [-0.1, -0.05) is 0 Å². The van der Waals surface area contributed by atoms with Crippen LogP contribution in [0.25, 0.3) is 0 Å². The third-order valence-corrected chi connectivity index (χ3v) is 4.10. The summed E-state index contributed by atoms with van der Waals surface area (Å²) >= 11 is 4.47. The molecule has 0 aliphatic carbocycles. The topological polar surface area (TPSA) is 93.8 Å². The van der Waals surface area contributed by atoms with E-state index in [4.69, 9.17) is 0 Å². The van der Waals surface area contributed by atoms with E-state index in [1.807, 2.05) is 13.0 Å². The summed E-state index contributed by atoms with van der Waals surface area (Å²) in [5, 5.41) is 14.8. The number of halogens is 1. The van der Waals surface area contributed by atoms with Gasteiger partial charge in [0.2, 0.25) is 5.95 Å². The zero-order valence-corrected chi connectivity index (χ0v) is 12.8. The highest BCUT2D eigenvalue weighted by molar-refractivity contribution is 9.10. The summed E-state index contributed by atoms with van der Waals surface area (Å²) in [6.07, 6.45) is 2.81. The molecule has 0 spiro atoms. The van der Waals surface area contributed by atoms with Crippen LogP contribution >= 0.6 is 27.7 Å². The van der Waals surface area contributed by atoms with Crippen LogP contribution in [0.3, 0.4) is 0 Å². The van der Waals surface area contributed by atoms with Gasteiger partial charge < -0.3 is 5.32 Å². The maximum atomic E-state index is 11.0.